The number of fused-ring (bicyclic) bond motifs is 1. The first kappa shape index (κ1) is 18.3. The van der Waals surface area contributed by atoms with E-state index in [1.165, 1.54) is 12.3 Å². The zero-order chi connectivity index (χ0) is 21.4. The Morgan fingerprint density at radius 2 is 1.58 bits per heavy atom. The van der Waals surface area contributed by atoms with Gasteiger partial charge in [-0.25, -0.2) is 9.97 Å². The van der Waals surface area contributed by atoms with Gasteiger partial charge in [0.25, 0.3) is 5.91 Å². The number of amides is 1. The van der Waals surface area contributed by atoms with Crippen LogP contribution in [0.15, 0.2) is 80.4 Å². The van der Waals surface area contributed by atoms with Crippen molar-refractivity contribution in [1.29, 1.82) is 0 Å². The van der Waals surface area contributed by atoms with Gasteiger partial charge >= 0.3 is 5.88 Å². The van der Waals surface area contributed by atoms with Crippen LogP contribution in [-0.4, -0.2) is 20.8 Å². The molecule has 10 nitrogen and oxygen atoms in total. The quantitative estimate of drug-likeness (QED) is 0.315. The van der Waals surface area contributed by atoms with Crippen LogP contribution in [0.4, 0.5) is 11.6 Å². The van der Waals surface area contributed by atoms with Gasteiger partial charge in [0.2, 0.25) is 0 Å². The molecule has 10 heteroatoms. The molecule has 5 aromatic rings. The maximum atomic E-state index is 12.4. The Balaban J connectivity index is 1.52. The fraction of sp³-hybridized carbons (Fsp3) is 0. The highest BCUT2D eigenvalue weighted by Gasteiger charge is 2.19. The van der Waals surface area contributed by atoms with Crippen LogP contribution in [0.5, 0.6) is 0 Å². The number of nitrogens with zero attached hydrogens (tertiary/aromatic N) is 3. The molecule has 31 heavy (non-hydrogen) atoms. The topological polar surface area (TPSA) is 137 Å². The molecule has 0 bridgehead atoms. The fourth-order valence-electron chi connectivity index (χ4n) is 3.04. The molecule has 152 valence electrons. The second kappa shape index (κ2) is 7.26. The Morgan fingerprint density at radius 3 is 2.16 bits per heavy atom. The van der Waals surface area contributed by atoms with Crippen molar-refractivity contribution in [3.8, 4) is 22.9 Å². The Morgan fingerprint density at radius 1 is 0.903 bits per heavy atom. The standard InChI is InChI=1S/C21H12N4O6/c26-21(17-7-8-18(31-17)25(27)28)22-12-5-6-13-14(11-12)24-20(16-4-2-10-30-16)19(23-13)15-3-1-9-29-15/h1-11H,(H,22,26). The van der Waals surface area contributed by atoms with Gasteiger partial charge in [0.05, 0.1) is 29.6 Å². The van der Waals surface area contributed by atoms with E-state index in [9.17, 15) is 14.9 Å². The Bertz CT molecular complexity index is 1400. The van der Waals surface area contributed by atoms with E-state index in [4.69, 9.17) is 13.3 Å². The highest BCUT2D eigenvalue weighted by Crippen LogP contribution is 2.32. The Labute approximate surface area is 173 Å². The zero-order valence-corrected chi connectivity index (χ0v) is 15.6. The molecule has 4 aromatic heterocycles. The number of rotatable bonds is 5. The van der Waals surface area contributed by atoms with Crippen molar-refractivity contribution in [2.24, 2.45) is 0 Å². The van der Waals surface area contributed by atoms with E-state index >= 15 is 0 Å². The van der Waals surface area contributed by atoms with Crippen LogP contribution in [0.25, 0.3) is 33.9 Å². The van der Waals surface area contributed by atoms with Gasteiger partial charge in [0.15, 0.2) is 17.3 Å². The number of hydrogen-bond acceptors (Lipinski definition) is 8. The smallest absolute Gasteiger partial charge is 0.433 e. The molecule has 0 unspecified atom stereocenters. The lowest BCUT2D eigenvalue weighted by atomic mass is 10.1. The van der Waals surface area contributed by atoms with Gasteiger partial charge < -0.3 is 18.6 Å². The monoisotopic (exact) mass is 416 g/mol. The zero-order valence-electron chi connectivity index (χ0n) is 15.6. The predicted molar refractivity (Wildman–Crippen MR) is 108 cm³/mol. The minimum atomic E-state index is -0.713. The summed E-state index contributed by atoms with van der Waals surface area (Å²) in [6, 6.07) is 14.4. The SMILES string of the molecule is O=C(Nc1ccc2nc(-c3ccco3)c(-c3ccco3)nc2c1)c1ccc([N+](=O)[O-])o1. The third kappa shape index (κ3) is 3.42. The Hall–Kier alpha value is -4.73. The van der Waals surface area contributed by atoms with Crippen LogP contribution in [0.3, 0.4) is 0 Å². The number of carbonyl (C=O) groups is 1. The minimum absolute atomic E-state index is 0.178. The van der Waals surface area contributed by atoms with Crippen LogP contribution >= 0.6 is 0 Å². The van der Waals surface area contributed by atoms with Crippen LogP contribution in [0.2, 0.25) is 0 Å². The molecule has 5 rings (SSSR count). The van der Waals surface area contributed by atoms with Gasteiger partial charge in [-0.3, -0.25) is 14.9 Å². The summed E-state index contributed by atoms with van der Waals surface area (Å²) >= 11 is 0. The van der Waals surface area contributed by atoms with Crippen molar-refractivity contribution in [1.82, 2.24) is 9.97 Å². The van der Waals surface area contributed by atoms with E-state index in [-0.39, 0.29) is 5.76 Å². The molecule has 1 N–H and O–H groups in total. The highest BCUT2D eigenvalue weighted by molar-refractivity contribution is 6.03. The second-order valence-electron chi connectivity index (χ2n) is 6.43. The van der Waals surface area contributed by atoms with Crippen LogP contribution < -0.4 is 5.32 Å². The number of benzene rings is 1. The van der Waals surface area contributed by atoms with E-state index < -0.39 is 16.7 Å². The molecule has 1 aromatic carbocycles. The van der Waals surface area contributed by atoms with Gasteiger partial charge in [-0.1, -0.05) is 0 Å². The highest BCUT2D eigenvalue weighted by atomic mass is 16.6. The third-order valence-corrected chi connectivity index (χ3v) is 4.43. The molecular weight excluding hydrogens is 404 g/mol. The minimum Gasteiger partial charge on any atom is -0.463 e. The van der Waals surface area contributed by atoms with Crippen molar-refractivity contribution in [3.05, 3.63) is 83.0 Å². The Kier molecular flexibility index (Phi) is 4.29. The van der Waals surface area contributed by atoms with E-state index in [1.807, 2.05) is 0 Å². The first-order valence-electron chi connectivity index (χ1n) is 9.03. The van der Waals surface area contributed by atoms with Crippen LogP contribution in [0.1, 0.15) is 10.6 Å². The van der Waals surface area contributed by atoms with Crippen LogP contribution in [-0.2, 0) is 0 Å². The second-order valence-corrected chi connectivity index (χ2v) is 6.43. The van der Waals surface area contributed by atoms with Crippen molar-refractivity contribution in [2.75, 3.05) is 5.32 Å². The maximum absolute atomic E-state index is 12.4. The van der Waals surface area contributed by atoms with Crippen molar-refractivity contribution < 1.29 is 23.0 Å². The lowest BCUT2D eigenvalue weighted by Gasteiger charge is -2.08. The van der Waals surface area contributed by atoms with Crippen molar-refractivity contribution in [3.63, 3.8) is 0 Å². The number of carbonyl (C=O) groups excluding carboxylic acids is 1. The fourth-order valence-corrected chi connectivity index (χ4v) is 3.04. The molecule has 0 aliphatic rings. The lowest BCUT2D eigenvalue weighted by Crippen LogP contribution is -2.11. The van der Waals surface area contributed by atoms with Gasteiger partial charge in [-0.15, -0.1) is 0 Å². The molecule has 0 radical (unpaired) electrons. The number of aromatic nitrogens is 2. The third-order valence-electron chi connectivity index (χ3n) is 4.43. The number of nitrogens with one attached hydrogen (secondary N) is 1. The summed E-state index contributed by atoms with van der Waals surface area (Å²) < 4.78 is 15.9. The summed E-state index contributed by atoms with van der Waals surface area (Å²) in [5, 5.41) is 13.4. The number of hydrogen-bond donors (Lipinski definition) is 1. The summed E-state index contributed by atoms with van der Waals surface area (Å²) in [5.41, 5.74) is 2.50. The maximum Gasteiger partial charge on any atom is 0.433 e. The van der Waals surface area contributed by atoms with Gasteiger partial charge in [0, 0.05) is 5.69 Å². The molecule has 0 saturated heterocycles. The van der Waals surface area contributed by atoms with Crippen LogP contribution in [0, 0.1) is 10.1 Å². The number of anilines is 1. The van der Waals surface area contributed by atoms with E-state index in [0.29, 0.717) is 39.6 Å². The summed E-state index contributed by atoms with van der Waals surface area (Å²) in [6.07, 6.45) is 3.08. The molecule has 0 fully saturated rings. The van der Waals surface area contributed by atoms with Crippen molar-refractivity contribution >= 4 is 28.5 Å². The first-order valence-corrected chi connectivity index (χ1v) is 9.03. The largest absolute Gasteiger partial charge is 0.463 e. The normalized spacial score (nSPS) is 11.0. The predicted octanol–water partition coefficient (Wildman–Crippen LogP) is 4.90. The van der Waals surface area contributed by atoms with E-state index in [2.05, 4.69) is 15.3 Å². The summed E-state index contributed by atoms with van der Waals surface area (Å²) in [7, 11) is 0. The van der Waals surface area contributed by atoms with Gasteiger partial charge in [0.1, 0.15) is 16.3 Å². The van der Waals surface area contributed by atoms with Gasteiger partial charge in [-0.2, -0.15) is 0 Å². The summed E-state index contributed by atoms with van der Waals surface area (Å²) in [5.74, 6) is -0.264. The molecule has 0 aliphatic carbocycles. The molecule has 0 saturated carbocycles. The van der Waals surface area contributed by atoms with Crippen molar-refractivity contribution in [2.45, 2.75) is 0 Å². The first-order chi connectivity index (χ1) is 15.1. The average Bonchev–Trinajstić information content (AvgIpc) is 3.55. The lowest BCUT2D eigenvalue weighted by molar-refractivity contribution is -0.402. The molecule has 1 amide bonds. The number of furan rings is 3. The molecule has 0 spiro atoms. The van der Waals surface area contributed by atoms with E-state index in [1.54, 1.807) is 48.7 Å². The van der Waals surface area contributed by atoms with Gasteiger partial charge in [-0.05, 0) is 48.5 Å². The number of nitro groups is 1. The molecule has 0 aliphatic heterocycles. The van der Waals surface area contributed by atoms with E-state index in [0.717, 1.165) is 6.07 Å². The molecule has 0 atom stereocenters. The molecule has 4 heterocycles. The summed E-state index contributed by atoms with van der Waals surface area (Å²) in [4.78, 5) is 31.7. The molecular formula is C21H12N4O6. The summed E-state index contributed by atoms with van der Waals surface area (Å²) in [6.45, 7) is 0. The average molecular weight is 416 g/mol.